The molecule has 0 unspecified atom stereocenters. The van der Waals surface area contributed by atoms with Crippen molar-refractivity contribution in [3.8, 4) is 5.75 Å². The minimum atomic E-state index is -3.45. The first-order valence-corrected chi connectivity index (χ1v) is 8.17. The molecule has 1 aliphatic heterocycles. The number of phenolic OH excluding ortho intramolecular Hbond substituents is 1. The van der Waals surface area contributed by atoms with Crippen LogP contribution in [0.5, 0.6) is 5.75 Å². The van der Waals surface area contributed by atoms with E-state index in [4.69, 9.17) is 0 Å². The van der Waals surface area contributed by atoms with E-state index in [1.54, 1.807) is 12.1 Å². The summed E-state index contributed by atoms with van der Waals surface area (Å²) in [5.74, 6) is 0.133. The van der Waals surface area contributed by atoms with Crippen molar-refractivity contribution in [3.63, 3.8) is 0 Å². The summed E-state index contributed by atoms with van der Waals surface area (Å²) in [6.07, 6.45) is 1.60. The molecular formula is C13H21N3O3S. The Morgan fingerprint density at radius 3 is 2.60 bits per heavy atom. The van der Waals surface area contributed by atoms with Crippen LogP contribution in [0.25, 0.3) is 0 Å². The quantitative estimate of drug-likeness (QED) is 0.787. The Bertz CT molecular complexity index is 530. The topological polar surface area (TPSA) is 72.9 Å². The summed E-state index contributed by atoms with van der Waals surface area (Å²) in [4.78, 5) is 0. The average molecular weight is 299 g/mol. The third kappa shape index (κ3) is 3.23. The largest absolute Gasteiger partial charge is 0.508 e. The van der Waals surface area contributed by atoms with E-state index in [2.05, 4.69) is 5.32 Å². The second-order valence-electron chi connectivity index (χ2n) is 4.81. The molecular weight excluding hydrogens is 278 g/mol. The Morgan fingerprint density at radius 2 is 1.95 bits per heavy atom. The van der Waals surface area contributed by atoms with Crippen LogP contribution in [-0.4, -0.2) is 51.1 Å². The molecule has 1 aliphatic rings. The first-order chi connectivity index (χ1) is 9.55. The van der Waals surface area contributed by atoms with Gasteiger partial charge in [-0.15, -0.1) is 0 Å². The van der Waals surface area contributed by atoms with Crippen molar-refractivity contribution in [2.75, 3.05) is 37.5 Å². The highest BCUT2D eigenvalue weighted by molar-refractivity contribution is 7.90. The monoisotopic (exact) mass is 299 g/mol. The van der Waals surface area contributed by atoms with Gasteiger partial charge in [-0.25, -0.2) is 0 Å². The lowest BCUT2D eigenvalue weighted by molar-refractivity contribution is 0.379. The van der Waals surface area contributed by atoms with Crippen LogP contribution >= 0.6 is 0 Å². The van der Waals surface area contributed by atoms with Crippen LogP contribution < -0.4 is 9.62 Å². The van der Waals surface area contributed by atoms with Crippen LogP contribution in [0.1, 0.15) is 12.8 Å². The van der Waals surface area contributed by atoms with Gasteiger partial charge in [0, 0.05) is 19.6 Å². The maximum absolute atomic E-state index is 12.6. The molecule has 0 atom stereocenters. The zero-order valence-electron chi connectivity index (χ0n) is 11.6. The van der Waals surface area contributed by atoms with Gasteiger partial charge in [-0.2, -0.15) is 12.7 Å². The van der Waals surface area contributed by atoms with Gasteiger partial charge in [-0.3, -0.25) is 4.31 Å². The van der Waals surface area contributed by atoms with Gasteiger partial charge in [0.25, 0.3) is 0 Å². The molecule has 2 rings (SSSR count). The van der Waals surface area contributed by atoms with Crippen molar-refractivity contribution in [3.05, 3.63) is 24.3 Å². The Kier molecular flexibility index (Phi) is 4.85. The number of aromatic hydroxyl groups is 1. The maximum Gasteiger partial charge on any atom is 0.304 e. The smallest absolute Gasteiger partial charge is 0.304 e. The van der Waals surface area contributed by atoms with Crippen molar-refractivity contribution < 1.29 is 13.5 Å². The van der Waals surface area contributed by atoms with Gasteiger partial charge in [0.2, 0.25) is 0 Å². The highest BCUT2D eigenvalue weighted by Gasteiger charge is 2.33. The van der Waals surface area contributed by atoms with Crippen LogP contribution in [0.15, 0.2) is 24.3 Å². The highest BCUT2D eigenvalue weighted by atomic mass is 32.2. The van der Waals surface area contributed by atoms with Crippen LogP contribution in [0.3, 0.4) is 0 Å². The molecule has 0 amide bonds. The number of benzene rings is 1. The number of nitrogens with one attached hydrogen (secondary N) is 1. The van der Waals surface area contributed by atoms with Gasteiger partial charge in [-0.05, 0) is 50.7 Å². The van der Waals surface area contributed by atoms with E-state index >= 15 is 0 Å². The average Bonchev–Trinajstić information content (AvgIpc) is 2.42. The van der Waals surface area contributed by atoms with Crippen molar-refractivity contribution in [2.45, 2.75) is 12.8 Å². The van der Waals surface area contributed by atoms with Gasteiger partial charge in [0.1, 0.15) is 5.75 Å². The second kappa shape index (κ2) is 6.43. The van der Waals surface area contributed by atoms with E-state index in [9.17, 15) is 13.5 Å². The van der Waals surface area contributed by atoms with E-state index in [1.807, 2.05) is 7.05 Å². The molecule has 0 radical (unpaired) electrons. The molecule has 1 fully saturated rings. The van der Waals surface area contributed by atoms with E-state index in [1.165, 1.54) is 20.7 Å². The van der Waals surface area contributed by atoms with E-state index < -0.39 is 10.2 Å². The Balaban J connectivity index is 2.15. The third-order valence-corrected chi connectivity index (χ3v) is 5.31. The second-order valence-corrected chi connectivity index (χ2v) is 6.66. The van der Waals surface area contributed by atoms with Gasteiger partial charge in [-0.1, -0.05) is 0 Å². The molecule has 0 aliphatic carbocycles. The lowest BCUT2D eigenvalue weighted by Crippen LogP contribution is -2.50. The molecule has 20 heavy (non-hydrogen) atoms. The van der Waals surface area contributed by atoms with E-state index in [0.717, 1.165) is 19.4 Å². The predicted octanol–water partition coefficient (Wildman–Crippen LogP) is 0.759. The SMILES string of the molecule is CNCCCN1CCCN(c2ccc(O)cc2)S1(=O)=O. The molecule has 1 aromatic carbocycles. The minimum absolute atomic E-state index is 0.133. The molecule has 0 bridgehead atoms. The summed E-state index contributed by atoms with van der Waals surface area (Å²) in [7, 11) is -1.60. The summed E-state index contributed by atoms with van der Waals surface area (Å²) >= 11 is 0. The van der Waals surface area contributed by atoms with E-state index in [-0.39, 0.29) is 5.75 Å². The lowest BCUT2D eigenvalue weighted by atomic mass is 10.3. The Morgan fingerprint density at radius 1 is 1.25 bits per heavy atom. The standard InChI is InChI=1S/C13H21N3O3S/c1-14-8-2-9-15-10-3-11-16(20(15,18)19)12-4-6-13(17)7-5-12/h4-7,14,17H,2-3,8-11H2,1H3. The van der Waals surface area contributed by atoms with Crippen molar-refractivity contribution in [2.24, 2.45) is 0 Å². The van der Waals surface area contributed by atoms with Crippen molar-refractivity contribution in [1.82, 2.24) is 9.62 Å². The summed E-state index contributed by atoms with van der Waals surface area (Å²) in [6.45, 7) is 2.37. The molecule has 6 nitrogen and oxygen atoms in total. The number of rotatable bonds is 5. The van der Waals surface area contributed by atoms with Crippen LogP contribution in [0, 0.1) is 0 Å². The predicted molar refractivity (Wildman–Crippen MR) is 79.1 cm³/mol. The zero-order chi connectivity index (χ0) is 14.6. The fourth-order valence-electron chi connectivity index (χ4n) is 2.30. The number of nitrogens with zero attached hydrogens (tertiary/aromatic N) is 2. The number of hydrogen-bond acceptors (Lipinski definition) is 4. The molecule has 0 aromatic heterocycles. The van der Waals surface area contributed by atoms with Crippen LogP contribution in [0.4, 0.5) is 5.69 Å². The Labute approximate surface area is 120 Å². The van der Waals surface area contributed by atoms with Gasteiger partial charge >= 0.3 is 10.2 Å². The first-order valence-electron chi connectivity index (χ1n) is 6.77. The first kappa shape index (κ1) is 15.1. The van der Waals surface area contributed by atoms with Gasteiger partial charge < -0.3 is 10.4 Å². The zero-order valence-corrected chi connectivity index (χ0v) is 12.4. The summed E-state index contributed by atoms with van der Waals surface area (Å²) < 4.78 is 28.1. The van der Waals surface area contributed by atoms with Crippen molar-refractivity contribution in [1.29, 1.82) is 0 Å². The molecule has 2 N–H and O–H groups in total. The molecule has 0 spiro atoms. The maximum atomic E-state index is 12.6. The summed E-state index contributed by atoms with van der Waals surface area (Å²) in [6, 6.07) is 6.27. The molecule has 0 saturated carbocycles. The molecule has 7 heteroatoms. The van der Waals surface area contributed by atoms with Crippen molar-refractivity contribution >= 4 is 15.9 Å². The Hall–Kier alpha value is -1.31. The molecule has 1 heterocycles. The fourth-order valence-corrected chi connectivity index (χ4v) is 4.05. The molecule has 1 saturated heterocycles. The highest BCUT2D eigenvalue weighted by Crippen LogP contribution is 2.26. The minimum Gasteiger partial charge on any atom is -0.508 e. The number of phenols is 1. The number of anilines is 1. The molecule has 1 aromatic rings. The summed E-state index contributed by atoms with van der Waals surface area (Å²) in [5.41, 5.74) is 0.598. The van der Waals surface area contributed by atoms with Gasteiger partial charge in [0.15, 0.2) is 0 Å². The van der Waals surface area contributed by atoms with Crippen LogP contribution in [0.2, 0.25) is 0 Å². The third-order valence-electron chi connectivity index (χ3n) is 3.35. The normalized spacial score (nSPS) is 19.1. The summed E-state index contributed by atoms with van der Waals surface area (Å²) in [5, 5.41) is 12.3. The van der Waals surface area contributed by atoms with Crippen LogP contribution in [-0.2, 0) is 10.2 Å². The van der Waals surface area contributed by atoms with Gasteiger partial charge in [0.05, 0.1) is 5.69 Å². The fraction of sp³-hybridized carbons (Fsp3) is 0.538. The number of hydrogen-bond donors (Lipinski definition) is 2. The lowest BCUT2D eigenvalue weighted by Gasteiger charge is -2.36. The van der Waals surface area contributed by atoms with E-state index in [0.29, 0.717) is 25.3 Å². The molecule has 112 valence electrons.